The van der Waals surface area contributed by atoms with Gasteiger partial charge in [-0.25, -0.2) is 9.18 Å². The third-order valence-corrected chi connectivity index (χ3v) is 3.06. The monoisotopic (exact) mass is 253 g/mol. The molecule has 0 atom stereocenters. The summed E-state index contributed by atoms with van der Waals surface area (Å²) in [6, 6.07) is 3.82. The van der Waals surface area contributed by atoms with E-state index < -0.39 is 5.97 Å². The summed E-state index contributed by atoms with van der Waals surface area (Å²) >= 11 is 0. The van der Waals surface area contributed by atoms with Crippen molar-refractivity contribution in [2.24, 2.45) is 5.41 Å². The molecule has 0 bridgehead atoms. The fourth-order valence-electron chi connectivity index (χ4n) is 1.89. The Hall–Kier alpha value is -1.46. The van der Waals surface area contributed by atoms with Gasteiger partial charge in [-0.1, -0.05) is 6.92 Å². The summed E-state index contributed by atoms with van der Waals surface area (Å²) in [5, 5.41) is 12.0. The molecule has 1 aromatic rings. The molecule has 4 nitrogen and oxygen atoms in total. The second-order valence-corrected chi connectivity index (χ2v) is 5.02. The summed E-state index contributed by atoms with van der Waals surface area (Å²) in [6.45, 7) is 4.55. The normalized spacial score (nSPS) is 17.2. The first kappa shape index (κ1) is 13.0. The number of nitrogens with one attached hydrogen (secondary N) is 1. The summed E-state index contributed by atoms with van der Waals surface area (Å²) in [5.41, 5.74) is 0.589. The largest absolute Gasteiger partial charge is 0.478 e. The van der Waals surface area contributed by atoms with Crippen LogP contribution in [0.3, 0.4) is 0 Å². The topological polar surface area (TPSA) is 58.6 Å². The van der Waals surface area contributed by atoms with Gasteiger partial charge >= 0.3 is 5.97 Å². The van der Waals surface area contributed by atoms with Gasteiger partial charge < -0.3 is 15.2 Å². The van der Waals surface area contributed by atoms with Crippen molar-refractivity contribution >= 4 is 5.97 Å². The van der Waals surface area contributed by atoms with Gasteiger partial charge in [-0.3, -0.25) is 0 Å². The van der Waals surface area contributed by atoms with Crippen LogP contribution < -0.4 is 5.32 Å². The molecule has 18 heavy (non-hydrogen) atoms. The standard InChI is InChI=1S/C13H16FNO3/c1-13(7-18-8-13)6-15-5-10-4-9(12(16)17)2-3-11(10)14/h2-4,15H,5-8H2,1H3,(H,16,17). The molecule has 0 radical (unpaired) electrons. The SMILES string of the molecule is CC1(CNCc2cc(C(=O)O)ccc2F)COC1. The Morgan fingerprint density at radius 2 is 2.28 bits per heavy atom. The van der Waals surface area contributed by atoms with Gasteiger partial charge in [0, 0.05) is 24.1 Å². The van der Waals surface area contributed by atoms with E-state index in [1.54, 1.807) is 0 Å². The van der Waals surface area contributed by atoms with Crippen LogP contribution in [-0.4, -0.2) is 30.8 Å². The lowest BCUT2D eigenvalue weighted by atomic mass is 9.89. The van der Waals surface area contributed by atoms with Crippen molar-refractivity contribution in [3.8, 4) is 0 Å². The highest BCUT2D eigenvalue weighted by atomic mass is 19.1. The van der Waals surface area contributed by atoms with Gasteiger partial charge in [0.2, 0.25) is 0 Å². The zero-order chi connectivity index (χ0) is 13.2. The van der Waals surface area contributed by atoms with Crippen molar-refractivity contribution in [2.75, 3.05) is 19.8 Å². The lowest BCUT2D eigenvalue weighted by molar-refractivity contribution is -0.0991. The number of hydrogen-bond acceptors (Lipinski definition) is 3. The van der Waals surface area contributed by atoms with E-state index in [-0.39, 0.29) is 16.8 Å². The van der Waals surface area contributed by atoms with Crippen LogP contribution >= 0.6 is 0 Å². The van der Waals surface area contributed by atoms with Gasteiger partial charge in [0.1, 0.15) is 5.82 Å². The lowest BCUT2D eigenvalue weighted by Crippen LogP contribution is -2.47. The highest BCUT2D eigenvalue weighted by Crippen LogP contribution is 2.25. The van der Waals surface area contributed by atoms with Crippen LogP contribution in [-0.2, 0) is 11.3 Å². The van der Waals surface area contributed by atoms with Crippen molar-refractivity contribution in [1.82, 2.24) is 5.32 Å². The van der Waals surface area contributed by atoms with Crippen LogP contribution in [0.4, 0.5) is 4.39 Å². The number of ether oxygens (including phenoxy) is 1. The molecule has 1 aliphatic rings. The van der Waals surface area contributed by atoms with E-state index in [2.05, 4.69) is 12.2 Å². The number of carboxylic acids is 1. The van der Waals surface area contributed by atoms with Crippen LogP contribution in [0.5, 0.6) is 0 Å². The molecule has 0 spiro atoms. The van der Waals surface area contributed by atoms with Gasteiger partial charge in [-0.05, 0) is 18.2 Å². The second kappa shape index (κ2) is 5.04. The molecular formula is C13H16FNO3. The van der Waals surface area contributed by atoms with Crippen LogP contribution in [0.15, 0.2) is 18.2 Å². The zero-order valence-corrected chi connectivity index (χ0v) is 10.2. The van der Waals surface area contributed by atoms with Crippen molar-refractivity contribution in [1.29, 1.82) is 0 Å². The molecule has 98 valence electrons. The maximum Gasteiger partial charge on any atom is 0.335 e. The van der Waals surface area contributed by atoms with Crippen LogP contribution in [0.25, 0.3) is 0 Å². The minimum atomic E-state index is -1.05. The minimum Gasteiger partial charge on any atom is -0.478 e. The van der Waals surface area contributed by atoms with Gasteiger partial charge in [0.25, 0.3) is 0 Å². The minimum absolute atomic E-state index is 0.103. The van der Waals surface area contributed by atoms with E-state index in [0.717, 1.165) is 6.54 Å². The molecule has 1 aliphatic heterocycles. The second-order valence-electron chi connectivity index (χ2n) is 5.02. The van der Waals surface area contributed by atoms with Crippen molar-refractivity contribution < 1.29 is 19.0 Å². The fourth-order valence-corrected chi connectivity index (χ4v) is 1.89. The van der Waals surface area contributed by atoms with Gasteiger partial charge in [-0.2, -0.15) is 0 Å². The summed E-state index contributed by atoms with van der Waals surface area (Å²) in [7, 11) is 0. The molecule has 5 heteroatoms. The average molecular weight is 253 g/mol. The summed E-state index contributed by atoms with van der Waals surface area (Å²) in [4.78, 5) is 10.8. The first-order valence-electron chi connectivity index (χ1n) is 5.80. The average Bonchev–Trinajstić information content (AvgIpc) is 2.29. The Balaban J connectivity index is 1.95. The molecule has 0 aliphatic carbocycles. The molecule has 2 rings (SSSR count). The van der Waals surface area contributed by atoms with E-state index in [0.29, 0.717) is 25.3 Å². The fraction of sp³-hybridized carbons (Fsp3) is 0.462. The van der Waals surface area contributed by atoms with Gasteiger partial charge in [0.05, 0.1) is 18.8 Å². The number of benzene rings is 1. The number of carbonyl (C=O) groups is 1. The van der Waals surface area contributed by atoms with Crippen molar-refractivity contribution in [3.63, 3.8) is 0 Å². The number of halogens is 1. The summed E-state index contributed by atoms with van der Waals surface area (Å²) in [5.74, 6) is -1.43. The first-order valence-corrected chi connectivity index (χ1v) is 5.80. The van der Waals surface area contributed by atoms with E-state index >= 15 is 0 Å². The molecular weight excluding hydrogens is 237 g/mol. The molecule has 1 aromatic carbocycles. The predicted octanol–water partition coefficient (Wildman–Crippen LogP) is 1.65. The Kier molecular flexibility index (Phi) is 3.63. The highest BCUT2D eigenvalue weighted by molar-refractivity contribution is 5.87. The molecule has 0 amide bonds. The smallest absolute Gasteiger partial charge is 0.335 e. The van der Waals surface area contributed by atoms with E-state index in [1.807, 2.05) is 0 Å². The Labute approximate surface area is 105 Å². The maximum absolute atomic E-state index is 13.5. The van der Waals surface area contributed by atoms with Gasteiger partial charge in [0.15, 0.2) is 0 Å². The highest BCUT2D eigenvalue weighted by Gasteiger charge is 2.32. The van der Waals surface area contributed by atoms with E-state index in [1.165, 1.54) is 18.2 Å². The van der Waals surface area contributed by atoms with Crippen molar-refractivity contribution in [2.45, 2.75) is 13.5 Å². The molecule has 2 N–H and O–H groups in total. The number of carboxylic acid groups (broad SMARTS) is 1. The quantitative estimate of drug-likeness (QED) is 0.837. The lowest BCUT2D eigenvalue weighted by Gasteiger charge is -2.38. The summed E-state index contributed by atoms with van der Waals surface area (Å²) in [6.07, 6.45) is 0. The van der Waals surface area contributed by atoms with E-state index in [9.17, 15) is 9.18 Å². The molecule has 1 heterocycles. The Morgan fingerprint density at radius 3 is 2.83 bits per heavy atom. The number of rotatable bonds is 5. The van der Waals surface area contributed by atoms with E-state index in [4.69, 9.17) is 9.84 Å². The molecule has 0 unspecified atom stereocenters. The zero-order valence-electron chi connectivity index (χ0n) is 10.2. The Bertz CT molecular complexity index is 458. The number of aromatic carboxylic acids is 1. The van der Waals surface area contributed by atoms with Crippen LogP contribution in [0, 0.1) is 11.2 Å². The van der Waals surface area contributed by atoms with Crippen LogP contribution in [0.1, 0.15) is 22.8 Å². The predicted molar refractivity (Wildman–Crippen MR) is 64.0 cm³/mol. The number of hydrogen-bond donors (Lipinski definition) is 2. The summed E-state index contributed by atoms with van der Waals surface area (Å²) < 4.78 is 18.6. The molecule has 0 aromatic heterocycles. The first-order chi connectivity index (χ1) is 8.50. The molecule has 1 saturated heterocycles. The van der Waals surface area contributed by atoms with Crippen LogP contribution in [0.2, 0.25) is 0 Å². The molecule has 1 fully saturated rings. The third-order valence-electron chi connectivity index (χ3n) is 3.06. The Morgan fingerprint density at radius 1 is 1.56 bits per heavy atom. The van der Waals surface area contributed by atoms with Crippen molar-refractivity contribution in [3.05, 3.63) is 35.1 Å². The van der Waals surface area contributed by atoms with Gasteiger partial charge in [-0.15, -0.1) is 0 Å². The molecule has 0 saturated carbocycles. The third kappa shape index (κ3) is 2.86. The maximum atomic E-state index is 13.5.